The van der Waals surface area contributed by atoms with Crippen LogP contribution in [0.2, 0.25) is 0 Å². The van der Waals surface area contributed by atoms with E-state index in [1.165, 1.54) is 30.4 Å². The Balaban J connectivity index is 1.57. The van der Waals surface area contributed by atoms with E-state index in [0.717, 1.165) is 31.7 Å². The van der Waals surface area contributed by atoms with Crippen LogP contribution in [0.25, 0.3) is 0 Å². The lowest BCUT2D eigenvalue weighted by Crippen LogP contribution is -2.32. The van der Waals surface area contributed by atoms with Crippen molar-refractivity contribution in [2.24, 2.45) is 5.92 Å². The van der Waals surface area contributed by atoms with Crippen LogP contribution in [0.5, 0.6) is 0 Å². The van der Waals surface area contributed by atoms with Gasteiger partial charge in [-0.3, -0.25) is 4.90 Å². The lowest BCUT2D eigenvalue weighted by Gasteiger charge is -2.29. The molecule has 0 fully saturated rings. The molecular weight excluding hydrogens is 236 g/mol. The molecule has 0 spiro atoms. The molecule has 0 N–H and O–H groups in total. The van der Waals surface area contributed by atoms with Gasteiger partial charge in [0.25, 0.3) is 0 Å². The summed E-state index contributed by atoms with van der Waals surface area (Å²) in [6, 6.07) is 0. The van der Waals surface area contributed by atoms with Crippen molar-refractivity contribution in [3.05, 3.63) is 41.3 Å². The highest BCUT2D eigenvalue weighted by Gasteiger charge is 2.21. The summed E-state index contributed by atoms with van der Waals surface area (Å²) in [6.45, 7) is 9.42. The molecule has 0 saturated heterocycles. The Morgan fingerprint density at radius 2 is 2.42 bits per heavy atom. The molecule has 0 unspecified atom stereocenters. The fourth-order valence-corrected chi connectivity index (χ4v) is 3.10. The molecule has 0 amide bonds. The van der Waals surface area contributed by atoms with Gasteiger partial charge < -0.3 is 4.52 Å². The van der Waals surface area contributed by atoms with Crippen LogP contribution >= 0.6 is 0 Å². The average molecular weight is 258 g/mol. The third-order valence-corrected chi connectivity index (χ3v) is 4.42. The van der Waals surface area contributed by atoms with E-state index in [0.29, 0.717) is 5.92 Å². The van der Waals surface area contributed by atoms with Crippen LogP contribution < -0.4 is 0 Å². The van der Waals surface area contributed by atoms with E-state index in [1.54, 1.807) is 11.8 Å². The van der Waals surface area contributed by atoms with Gasteiger partial charge in [0, 0.05) is 31.6 Å². The Hall–Kier alpha value is -1.35. The first-order chi connectivity index (χ1) is 9.22. The molecule has 19 heavy (non-hydrogen) atoms. The Bertz CT molecular complexity index is 501. The second-order valence-corrected chi connectivity index (χ2v) is 5.93. The minimum Gasteiger partial charge on any atom is -0.364 e. The van der Waals surface area contributed by atoms with Crippen LogP contribution in [-0.2, 0) is 13.0 Å². The molecule has 0 radical (unpaired) electrons. The van der Waals surface area contributed by atoms with Crippen molar-refractivity contribution in [1.29, 1.82) is 0 Å². The minimum atomic E-state index is 0.704. The van der Waals surface area contributed by atoms with Gasteiger partial charge in [0.1, 0.15) is 6.26 Å². The van der Waals surface area contributed by atoms with Gasteiger partial charge in [-0.25, -0.2) is 0 Å². The van der Waals surface area contributed by atoms with Crippen LogP contribution in [0.1, 0.15) is 37.4 Å². The lowest BCUT2D eigenvalue weighted by atomic mass is 9.85. The van der Waals surface area contributed by atoms with E-state index < -0.39 is 0 Å². The smallest absolute Gasteiger partial charge is 0.128 e. The Kier molecular flexibility index (Phi) is 3.56. The number of rotatable bonds is 3. The SMILES string of the molecule is C=C(C)[C@@H]1CC=C(CN2CCc3nocc3C2)CC1. The van der Waals surface area contributed by atoms with Gasteiger partial charge in [0.05, 0.1) is 5.69 Å². The van der Waals surface area contributed by atoms with E-state index in [9.17, 15) is 0 Å². The Labute approximate surface area is 115 Å². The van der Waals surface area contributed by atoms with Crippen molar-refractivity contribution in [2.45, 2.75) is 39.2 Å². The van der Waals surface area contributed by atoms with Crippen LogP contribution in [0, 0.1) is 5.92 Å². The molecule has 1 aromatic heterocycles. The minimum absolute atomic E-state index is 0.704. The molecule has 102 valence electrons. The third kappa shape index (κ3) is 2.81. The van der Waals surface area contributed by atoms with Crippen LogP contribution in [-0.4, -0.2) is 23.1 Å². The summed E-state index contributed by atoms with van der Waals surface area (Å²) in [5.41, 5.74) is 5.35. The van der Waals surface area contributed by atoms with Gasteiger partial charge in [-0.05, 0) is 32.1 Å². The summed E-state index contributed by atoms with van der Waals surface area (Å²) >= 11 is 0. The molecule has 1 aliphatic heterocycles. The summed E-state index contributed by atoms with van der Waals surface area (Å²) < 4.78 is 5.05. The predicted molar refractivity (Wildman–Crippen MR) is 75.7 cm³/mol. The Morgan fingerprint density at radius 3 is 3.16 bits per heavy atom. The number of fused-ring (bicyclic) bond motifs is 1. The van der Waals surface area contributed by atoms with Gasteiger partial charge in [0.2, 0.25) is 0 Å². The number of allylic oxidation sites excluding steroid dienone is 2. The highest BCUT2D eigenvalue weighted by Crippen LogP contribution is 2.29. The summed E-state index contributed by atoms with van der Waals surface area (Å²) in [5.74, 6) is 0.704. The fraction of sp³-hybridized carbons (Fsp3) is 0.562. The molecule has 1 aromatic rings. The van der Waals surface area contributed by atoms with Gasteiger partial charge in [-0.1, -0.05) is 29.0 Å². The van der Waals surface area contributed by atoms with Gasteiger partial charge >= 0.3 is 0 Å². The number of aromatic nitrogens is 1. The standard InChI is InChI=1S/C16H22N2O/c1-12(2)14-5-3-13(4-6-14)9-18-8-7-16-15(10-18)11-19-17-16/h3,11,14H,1,4-10H2,2H3/t14-/m1/s1. The van der Waals surface area contributed by atoms with Crippen molar-refractivity contribution >= 4 is 0 Å². The van der Waals surface area contributed by atoms with Crippen molar-refractivity contribution in [1.82, 2.24) is 10.1 Å². The highest BCUT2D eigenvalue weighted by atomic mass is 16.5. The number of nitrogens with zero attached hydrogens (tertiary/aromatic N) is 2. The van der Waals surface area contributed by atoms with E-state index in [1.807, 2.05) is 0 Å². The summed E-state index contributed by atoms with van der Waals surface area (Å²) in [7, 11) is 0. The summed E-state index contributed by atoms with van der Waals surface area (Å²) in [5, 5.41) is 4.04. The van der Waals surface area contributed by atoms with Crippen molar-refractivity contribution < 1.29 is 4.52 Å². The predicted octanol–water partition coefficient (Wildman–Crippen LogP) is 3.34. The highest BCUT2D eigenvalue weighted by molar-refractivity contribution is 5.19. The normalized spacial score (nSPS) is 23.8. The zero-order chi connectivity index (χ0) is 13.2. The molecule has 3 rings (SSSR count). The quantitative estimate of drug-likeness (QED) is 0.779. The molecule has 1 atom stereocenters. The van der Waals surface area contributed by atoms with Gasteiger partial charge in [-0.2, -0.15) is 0 Å². The molecule has 0 aromatic carbocycles. The number of hydrogen-bond acceptors (Lipinski definition) is 3. The maximum Gasteiger partial charge on any atom is 0.128 e. The van der Waals surface area contributed by atoms with Crippen LogP contribution in [0.15, 0.2) is 34.6 Å². The molecular formula is C16H22N2O. The molecule has 0 saturated carbocycles. The molecule has 1 aliphatic carbocycles. The second kappa shape index (κ2) is 5.33. The monoisotopic (exact) mass is 258 g/mol. The van der Waals surface area contributed by atoms with Crippen molar-refractivity contribution in [3.63, 3.8) is 0 Å². The van der Waals surface area contributed by atoms with Crippen molar-refractivity contribution in [3.8, 4) is 0 Å². The summed E-state index contributed by atoms with van der Waals surface area (Å²) in [6.07, 6.45) is 8.93. The van der Waals surface area contributed by atoms with Gasteiger partial charge in [-0.15, -0.1) is 0 Å². The molecule has 2 heterocycles. The Morgan fingerprint density at radius 1 is 1.53 bits per heavy atom. The maximum absolute atomic E-state index is 5.05. The lowest BCUT2D eigenvalue weighted by molar-refractivity contribution is 0.269. The molecule has 0 bridgehead atoms. The zero-order valence-corrected chi connectivity index (χ0v) is 11.7. The first kappa shape index (κ1) is 12.7. The van der Waals surface area contributed by atoms with E-state index in [2.05, 4.69) is 29.6 Å². The van der Waals surface area contributed by atoms with E-state index in [-0.39, 0.29) is 0 Å². The van der Waals surface area contributed by atoms with Gasteiger partial charge in [0.15, 0.2) is 0 Å². The first-order valence-electron chi connectivity index (χ1n) is 7.20. The van der Waals surface area contributed by atoms with E-state index >= 15 is 0 Å². The topological polar surface area (TPSA) is 29.3 Å². The fourth-order valence-electron chi connectivity index (χ4n) is 3.10. The van der Waals surface area contributed by atoms with E-state index in [4.69, 9.17) is 4.52 Å². The molecule has 3 heteroatoms. The van der Waals surface area contributed by atoms with Crippen LogP contribution in [0.4, 0.5) is 0 Å². The molecule has 2 aliphatic rings. The first-order valence-corrected chi connectivity index (χ1v) is 7.20. The summed E-state index contributed by atoms with van der Waals surface area (Å²) in [4.78, 5) is 2.51. The molecule has 3 nitrogen and oxygen atoms in total. The van der Waals surface area contributed by atoms with Crippen molar-refractivity contribution in [2.75, 3.05) is 13.1 Å². The second-order valence-electron chi connectivity index (χ2n) is 5.93. The maximum atomic E-state index is 5.05. The zero-order valence-electron chi connectivity index (χ0n) is 11.7. The third-order valence-electron chi connectivity index (χ3n) is 4.42. The number of hydrogen-bond donors (Lipinski definition) is 0. The average Bonchev–Trinajstić information content (AvgIpc) is 2.87. The van der Waals surface area contributed by atoms with Crippen LogP contribution in [0.3, 0.4) is 0 Å². The largest absolute Gasteiger partial charge is 0.364 e.